The third-order valence-electron chi connectivity index (χ3n) is 6.17. The van der Waals surface area contributed by atoms with Crippen molar-refractivity contribution in [3.8, 4) is 33.6 Å². The molecule has 4 aromatic rings. The van der Waals surface area contributed by atoms with E-state index in [0.29, 0.717) is 6.04 Å². The van der Waals surface area contributed by atoms with E-state index in [9.17, 15) is 0 Å². The van der Waals surface area contributed by atoms with Crippen molar-refractivity contribution in [2.24, 2.45) is 0 Å². The maximum Gasteiger partial charge on any atom is 0.123 e. The molecule has 0 amide bonds. The van der Waals surface area contributed by atoms with Gasteiger partial charge in [0, 0.05) is 5.88 Å². The van der Waals surface area contributed by atoms with E-state index >= 15 is 0 Å². The van der Waals surface area contributed by atoms with Gasteiger partial charge >= 0.3 is 0 Å². The van der Waals surface area contributed by atoms with Crippen molar-refractivity contribution < 1.29 is 0 Å². The minimum atomic E-state index is -0.552. The Kier molecular flexibility index (Phi) is 6.59. The van der Waals surface area contributed by atoms with Crippen LogP contribution in [0.25, 0.3) is 33.6 Å². The lowest BCUT2D eigenvalue weighted by Crippen LogP contribution is -2.19. The molecule has 4 N–H and O–H groups in total. The van der Waals surface area contributed by atoms with Gasteiger partial charge in [0.15, 0.2) is 0 Å². The number of H-pyrrole nitrogens is 2. The third kappa shape index (κ3) is 5.43. The van der Waals surface area contributed by atoms with Gasteiger partial charge in [-0.2, -0.15) is 0 Å². The highest BCUT2D eigenvalue weighted by Gasteiger charge is 2.19. The Bertz CT molecular complexity index is 1210. The standard InChI is InChI=1S/C27H34N6S/c1-34(2,3)18-28-17-26-30-15-24(32-26)21-10-6-19(7-11-21)20-8-12-22(13-9-20)25-16-31-27(33-25)23-5-4-14-29-23/h6-13,15-16,23,28-29H,4-5,14,17-18H2,1-3H3,(H,30,32)(H,31,33). The molecule has 178 valence electrons. The Morgan fingerprint density at radius 1 is 0.824 bits per heavy atom. The molecule has 34 heavy (non-hydrogen) atoms. The van der Waals surface area contributed by atoms with E-state index in [1.807, 2.05) is 12.4 Å². The van der Waals surface area contributed by atoms with E-state index in [-0.39, 0.29) is 0 Å². The molecule has 0 bridgehead atoms. The van der Waals surface area contributed by atoms with Gasteiger partial charge in [-0.15, -0.1) is 0 Å². The van der Waals surface area contributed by atoms with Crippen molar-refractivity contribution in [3.63, 3.8) is 0 Å². The van der Waals surface area contributed by atoms with Crippen LogP contribution >= 0.6 is 10.0 Å². The second-order valence-corrected chi connectivity index (χ2v) is 14.4. The minimum Gasteiger partial charge on any atom is -0.341 e. The predicted molar refractivity (Wildman–Crippen MR) is 144 cm³/mol. The molecule has 5 rings (SSSR count). The molecule has 0 saturated carbocycles. The van der Waals surface area contributed by atoms with Gasteiger partial charge in [-0.3, -0.25) is 0 Å². The van der Waals surface area contributed by atoms with Gasteiger partial charge in [-0.05, 0) is 60.4 Å². The summed E-state index contributed by atoms with van der Waals surface area (Å²) >= 11 is 0. The van der Waals surface area contributed by atoms with E-state index in [4.69, 9.17) is 0 Å². The molecule has 1 fully saturated rings. The zero-order chi connectivity index (χ0) is 23.5. The summed E-state index contributed by atoms with van der Waals surface area (Å²) in [5.41, 5.74) is 6.82. The zero-order valence-corrected chi connectivity index (χ0v) is 21.0. The summed E-state index contributed by atoms with van der Waals surface area (Å²) in [5.74, 6) is 3.06. The van der Waals surface area contributed by atoms with Crippen LogP contribution in [-0.4, -0.2) is 51.1 Å². The number of nitrogens with zero attached hydrogens (tertiary/aromatic N) is 2. The number of aromatic nitrogens is 4. The van der Waals surface area contributed by atoms with Crippen LogP contribution in [0.2, 0.25) is 0 Å². The molecule has 7 heteroatoms. The summed E-state index contributed by atoms with van der Waals surface area (Å²) in [7, 11) is -0.552. The third-order valence-corrected chi connectivity index (χ3v) is 7.24. The largest absolute Gasteiger partial charge is 0.341 e. The highest BCUT2D eigenvalue weighted by molar-refractivity contribution is 8.32. The number of hydrogen-bond donors (Lipinski definition) is 4. The Balaban J connectivity index is 1.23. The average molecular weight is 475 g/mol. The van der Waals surface area contributed by atoms with Crippen LogP contribution in [0, 0.1) is 0 Å². The van der Waals surface area contributed by atoms with E-state index in [2.05, 4.69) is 97.9 Å². The fraction of sp³-hybridized carbons (Fsp3) is 0.333. The lowest BCUT2D eigenvalue weighted by atomic mass is 10.0. The monoisotopic (exact) mass is 474 g/mol. The van der Waals surface area contributed by atoms with E-state index in [0.717, 1.165) is 59.6 Å². The molecule has 0 radical (unpaired) electrons. The first-order chi connectivity index (χ1) is 16.4. The van der Waals surface area contributed by atoms with Crippen LogP contribution < -0.4 is 10.6 Å². The van der Waals surface area contributed by atoms with Gasteiger partial charge < -0.3 is 20.6 Å². The number of nitrogens with one attached hydrogen (secondary N) is 4. The highest BCUT2D eigenvalue weighted by atomic mass is 32.3. The molecule has 0 aliphatic carbocycles. The highest BCUT2D eigenvalue weighted by Crippen LogP contribution is 2.32. The molecular weight excluding hydrogens is 440 g/mol. The van der Waals surface area contributed by atoms with Crippen LogP contribution in [0.4, 0.5) is 0 Å². The lowest BCUT2D eigenvalue weighted by Gasteiger charge is -2.25. The van der Waals surface area contributed by atoms with Gasteiger partial charge in [0.2, 0.25) is 0 Å². The first kappa shape index (κ1) is 22.9. The van der Waals surface area contributed by atoms with Crippen molar-refractivity contribution >= 4 is 10.0 Å². The molecule has 1 saturated heterocycles. The second kappa shape index (κ2) is 9.78. The average Bonchev–Trinajstić information content (AvgIpc) is 3.60. The molecule has 1 atom stereocenters. The summed E-state index contributed by atoms with van der Waals surface area (Å²) < 4.78 is 0. The smallest absolute Gasteiger partial charge is 0.123 e. The quantitative estimate of drug-likeness (QED) is 0.279. The number of rotatable bonds is 8. The Morgan fingerprint density at radius 2 is 1.41 bits per heavy atom. The van der Waals surface area contributed by atoms with E-state index in [1.165, 1.54) is 17.5 Å². The molecule has 1 unspecified atom stereocenters. The normalized spacial score (nSPS) is 16.7. The topological polar surface area (TPSA) is 81.4 Å². The molecule has 0 spiro atoms. The number of hydrogen-bond acceptors (Lipinski definition) is 4. The van der Waals surface area contributed by atoms with Gasteiger partial charge in [0.1, 0.15) is 11.6 Å². The number of aromatic amines is 2. The molecule has 6 nitrogen and oxygen atoms in total. The fourth-order valence-corrected chi connectivity index (χ4v) is 5.05. The van der Waals surface area contributed by atoms with Crippen LogP contribution in [-0.2, 0) is 6.54 Å². The first-order valence-electron chi connectivity index (χ1n) is 11.8. The fourth-order valence-electron chi connectivity index (χ4n) is 4.34. The molecule has 1 aliphatic heterocycles. The number of imidazole rings is 2. The first-order valence-corrected chi connectivity index (χ1v) is 14.9. The van der Waals surface area contributed by atoms with Crippen LogP contribution in [0.5, 0.6) is 0 Å². The number of benzene rings is 2. The van der Waals surface area contributed by atoms with Crippen LogP contribution in [0.1, 0.15) is 30.5 Å². The van der Waals surface area contributed by atoms with Gasteiger partial charge in [-0.25, -0.2) is 20.0 Å². The van der Waals surface area contributed by atoms with Gasteiger partial charge in [0.05, 0.1) is 36.4 Å². The molecule has 1 aliphatic rings. The minimum absolute atomic E-state index is 0.359. The van der Waals surface area contributed by atoms with Gasteiger partial charge in [0.25, 0.3) is 0 Å². The van der Waals surface area contributed by atoms with Crippen molar-refractivity contribution in [1.82, 2.24) is 30.6 Å². The van der Waals surface area contributed by atoms with Crippen LogP contribution in [0.15, 0.2) is 60.9 Å². The predicted octanol–water partition coefficient (Wildman–Crippen LogP) is 5.30. The van der Waals surface area contributed by atoms with Gasteiger partial charge in [-0.1, -0.05) is 48.5 Å². The summed E-state index contributed by atoms with van der Waals surface area (Å²) in [6.45, 7) is 1.84. The summed E-state index contributed by atoms with van der Waals surface area (Å²) in [6, 6.07) is 17.7. The summed E-state index contributed by atoms with van der Waals surface area (Å²) in [6.07, 6.45) is 13.2. The summed E-state index contributed by atoms with van der Waals surface area (Å²) in [4.78, 5) is 16.1. The zero-order valence-electron chi connectivity index (χ0n) is 20.2. The van der Waals surface area contributed by atoms with Crippen molar-refractivity contribution in [2.45, 2.75) is 25.4 Å². The maximum atomic E-state index is 4.59. The Labute approximate surface area is 203 Å². The Morgan fingerprint density at radius 3 is 2.00 bits per heavy atom. The lowest BCUT2D eigenvalue weighted by molar-refractivity contribution is 0.613. The maximum absolute atomic E-state index is 4.59. The van der Waals surface area contributed by atoms with E-state index in [1.54, 1.807) is 0 Å². The molecule has 2 aromatic heterocycles. The van der Waals surface area contributed by atoms with Crippen molar-refractivity contribution in [3.05, 3.63) is 72.6 Å². The molecule has 3 heterocycles. The SMILES string of the molecule is CS(C)(C)CNCc1ncc(-c2ccc(-c3ccc(-c4cnc(C5CCCN5)[nH]4)cc3)cc2)[nH]1. The second-order valence-electron chi connectivity index (χ2n) is 9.89. The molecular formula is C27H34N6S. The van der Waals surface area contributed by atoms with Crippen molar-refractivity contribution in [2.75, 3.05) is 31.2 Å². The van der Waals surface area contributed by atoms with Crippen molar-refractivity contribution in [1.29, 1.82) is 0 Å². The summed E-state index contributed by atoms with van der Waals surface area (Å²) in [5, 5.41) is 7.00. The molecule has 2 aromatic carbocycles. The Hall–Kier alpha value is -2.87. The van der Waals surface area contributed by atoms with E-state index < -0.39 is 10.0 Å². The van der Waals surface area contributed by atoms with Crippen LogP contribution in [0.3, 0.4) is 0 Å².